The number of hydrogen-bond donors (Lipinski definition) is 2. The maximum absolute atomic E-state index is 5.95. The number of anilines is 2. The summed E-state index contributed by atoms with van der Waals surface area (Å²) < 4.78 is 0. The maximum atomic E-state index is 5.95. The second-order valence-corrected chi connectivity index (χ2v) is 6.07. The molecule has 0 saturated heterocycles. The molecule has 0 radical (unpaired) electrons. The van der Waals surface area contributed by atoms with Crippen molar-refractivity contribution in [2.45, 2.75) is 4.90 Å². The first-order valence-electron chi connectivity index (χ1n) is 5.75. The molecular formula is C14H12Cl2N2S2. The zero-order chi connectivity index (χ0) is 14.5. The van der Waals surface area contributed by atoms with E-state index in [1.807, 2.05) is 30.5 Å². The lowest BCUT2D eigenvalue weighted by Crippen LogP contribution is -2.19. The van der Waals surface area contributed by atoms with E-state index in [0.29, 0.717) is 15.2 Å². The first-order chi connectivity index (χ1) is 9.58. The van der Waals surface area contributed by atoms with Crippen molar-refractivity contribution < 1.29 is 0 Å². The number of thiocarbonyl (C=S) groups is 1. The lowest BCUT2D eigenvalue weighted by atomic mass is 10.3. The predicted molar refractivity (Wildman–Crippen MR) is 94.5 cm³/mol. The smallest absolute Gasteiger partial charge is 0.175 e. The zero-order valence-electron chi connectivity index (χ0n) is 10.6. The molecule has 20 heavy (non-hydrogen) atoms. The highest BCUT2D eigenvalue weighted by Crippen LogP contribution is 2.26. The van der Waals surface area contributed by atoms with Crippen molar-refractivity contribution in [3.8, 4) is 0 Å². The van der Waals surface area contributed by atoms with Gasteiger partial charge in [0.15, 0.2) is 5.11 Å². The third-order valence-corrected chi connectivity index (χ3v) is 3.91. The second-order valence-electron chi connectivity index (χ2n) is 3.94. The van der Waals surface area contributed by atoms with Crippen LogP contribution in [0.4, 0.5) is 11.4 Å². The average molecular weight is 343 g/mol. The van der Waals surface area contributed by atoms with Crippen LogP contribution in [0.25, 0.3) is 0 Å². The molecule has 0 saturated carbocycles. The van der Waals surface area contributed by atoms with Crippen LogP contribution in [-0.4, -0.2) is 11.4 Å². The van der Waals surface area contributed by atoms with Gasteiger partial charge in [0.1, 0.15) is 0 Å². The fourth-order valence-electron chi connectivity index (χ4n) is 1.66. The molecule has 0 atom stereocenters. The van der Waals surface area contributed by atoms with Crippen molar-refractivity contribution in [2.75, 3.05) is 16.9 Å². The molecule has 0 aromatic heterocycles. The number of para-hydroxylation sites is 1. The molecule has 0 fully saturated rings. The van der Waals surface area contributed by atoms with E-state index < -0.39 is 0 Å². The van der Waals surface area contributed by atoms with Crippen molar-refractivity contribution in [1.82, 2.24) is 0 Å². The third kappa shape index (κ3) is 4.28. The topological polar surface area (TPSA) is 24.1 Å². The lowest BCUT2D eigenvalue weighted by molar-refractivity contribution is 1.44. The molecular weight excluding hydrogens is 331 g/mol. The molecule has 2 aromatic carbocycles. The average Bonchev–Trinajstić information content (AvgIpc) is 2.37. The van der Waals surface area contributed by atoms with Gasteiger partial charge in [-0.15, -0.1) is 11.8 Å². The molecule has 2 nitrogen and oxygen atoms in total. The Kier molecular flexibility index (Phi) is 5.54. The normalized spacial score (nSPS) is 10.2. The van der Waals surface area contributed by atoms with Gasteiger partial charge in [-0.2, -0.15) is 0 Å². The summed E-state index contributed by atoms with van der Waals surface area (Å²) in [4.78, 5) is 1.13. The fourth-order valence-corrected chi connectivity index (χ4v) is 2.97. The molecule has 2 rings (SSSR count). The van der Waals surface area contributed by atoms with E-state index in [4.69, 9.17) is 35.4 Å². The molecule has 0 aliphatic carbocycles. The summed E-state index contributed by atoms with van der Waals surface area (Å²) in [6, 6.07) is 13.2. The van der Waals surface area contributed by atoms with Gasteiger partial charge in [-0.3, -0.25) is 0 Å². The van der Waals surface area contributed by atoms with E-state index in [-0.39, 0.29) is 0 Å². The van der Waals surface area contributed by atoms with E-state index in [2.05, 4.69) is 10.6 Å². The van der Waals surface area contributed by atoms with Crippen molar-refractivity contribution in [2.24, 2.45) is 0 Å². The Hall–Kier alpha value is -0.940. The molecule has 0 aliphatic rings. The Morgan fingerprint density at radius 1 is 1.05 bits per heavy atom. The maximum Gasteiger partial charge on any atom is 0.175 e. The van der Waals surface area contributed by atoms with Gasteiger partial charge in [-0.25, -0.2) is 0 Å². The molecule has 0 amide bonds. The minimum Gasteiger partial charge on any atom is -0.332 e. The van der Waals surface area contributed by atoms with Crippen LogP contribution in [0.1, 0.15) is 0 Å². The quantitative estimate of drug-likeness (QED) is 0.566. The molecule has 6 heteroatoms. The minimum absolute atomic E-state index is 0.491. The Labute approximate surface area is 137 Å². The van der Waals surface area contributed by atoms with Gasteiger partial charge in [-0.1, -0.05) is 35.3 Å². The van der Waals surface area contributed by atoms with Gasteiger partial charge in [0, 0.05) is 20.6 Å². The summed E-state index contributed by atoms with van der Waals surface area (Å²) in [5.41, 5.74) is 1.72. The molecule has 104 valence electrons. The monoisotopic (exact) mass is 342 g/mol. The standard InChI is InChI=1S/C14H12Cl2N2S2/c1-20-13-5-3-2-4-12(13)18-14(19)17-11-7-9(15)6-10(16)8-11/h2-8H,1H3,(H2,17,18,19). The second kappa shape index (κ2) is 7.18. The van der Waals surface area contributed by atoms with Gasteiger partial charge in [0.25, 0.3) is 0 Å². The van der Waals surface area contributed by atoms with E-state index in [0.717, 1.165) is 16.3 Å². The highest BCUT2D eigenvalue weighted by molar-refractivity contribution is 7.98. The molecule has 0 heterocycles. The van der Waals surface area contributed by atoms with E-state index >= 15 is 0 Å². The third-order valence-electron chi connectivity index (χ3n) is 2.48. The molecule has 0 spiro atoms. The van der Waals surface area contributed by atoms with Crippen molar-refractivity contribution in [3.63, 3.8) is 0 Å². The Bertz CT molecular complexity index is 612. The molecule has 0 bridgehead atoms. The largest absolute Gasteiger partial charge is 0.332 e. The SMILES string of the molecule is CSc1ccccc1NC(=S)Nc1cc(Cl)cc(Cl)c1. The Balaban J connectivity index is 2.09. The van der Waals surface area contributed by atoms with E-state index in [9.17, 15) is 0 Å². The Morgan fingerprint density at radius 3 is 2.35 bits per heavy atom. The minimum atomic E-state index is 0.491. The lowest BCUT2D eigenvalue weighted by Gasteiger charge is -2.13. The summed E-state index contributed by atoms with van der Waals surface area (Å²) in [5, 5.41) is 7.84. The fraction of sp³-hybridized carbons (Fsp3) is 0.0714. The Morgan fingerprint density at radius 2 is 1.70 bits per heavy atom. The van der Waals surface area contributed by atoms with Gasteiger partial charge in [0.05, 0.1) is 5.69 Å². The summed E-state index contributed by atoms with van der Waals surface area (Å²) in [7, 11) is 0. The van der Waals surface area contributed by atoms with Crippen molar-refractivity contribution in [1.29, 1.82) is 0 Å². The molecule has 2 aromatic rings. The number of nitrogens with one attached hydrogen (secondary N) is 2. The van der Waals surface area contributed by atoms with Crippen LogP contribution < -0.4 is 10.6 Å². The van der Waals surface area contributed by atoms with Crippen LogP contribution in [0.15, 0.2) is 47.4 Å². The summed E-state index contributed by atoms with van der Waals surface area (Å²) in [6.45, 7) is 0. The van der Waals surface area contributed by atoms with Gasteiger partial charge < -0.3 is 10.6 Å². The van der Waals surface area contributed by atoms with Crippen LogP contribution in [0, 0.1) is 0 Å². The number of benzene rings is 2. The van der Waals surface area contributed by atoms with E-state index in [1.165, 1.54) is 0 Å². The van der Waals surface area contributed by atoms with Crippen molar-refractivity contribution in [3.05, 3.63) is 52.5 Å². The van der Waals surface area contributed by atoms with Crippen LogP contribution in [-0.2, 0) is 0 Å². The highest BCUT2D eigenvalue weighted by atomic mass is 35.5. The predicted octanol–water partition coefficient (Wildman–Crippen LogP) is 5.52. The zero-order valence-corrected chi connectivity index (χ0v) is 13.8. The molecule has 0 unspecified atom stereocenters. The first kappa shape index (κ1) is 15.4. The van der Waals surface area contributed by atoms with Gasteiger partial charge >= 0.3 is 0 Å². The van der Waals surface area contributed by atoms with Gasteiger partial charge in [-0.05, 0) is 48.8 Å². The van der Waals surface area contributed by atoms with Crippen LogP contribution >= 0.6 is 47.2 Å². The highest BCUT2D eigenvalue weighted by Gasteiger charge is 2.04. The van der Waals surface area contributed by atoms with Gasteiger partial charge in [0.2, 0.25) is 0 Å². The summed E-state index contributed by atoms with van der Waals surface area (Å²) in [5.74, 6) is 0. The van der Waals surface area contributed by atoms with Crippen LogP contribution in [0.5, 0.6) is 0 Å². The molecule has 2 N–H and O–H groups in total. The van der Waals surface area contributed by atoms with Crippen LogP contribution in [0.3, 0.4) is 0 Å². The number of halogens is 2. The molecule has 0 aliphatic heterocycles. The number of thioether (sulfide) groups is 1. The number of rotatable bonds is 3. The summed E-state index contributed by atoms with van der Waals surface area (Å²) in [6.07, 6.45) is 2.02. The first-order valence-corrected chi connectivity index (χ1v) is 8.14. The van der Waals surface area contributed by atoms with Crippen LogP contribution in [0.2, 0.25) is 10.0 Å². The summed E-state index contributed by atoms with van der Waals surface area (Å²) >= 11 is 18.9. The van der Waals surface area contributed by atoms with Crippen molar-refractivity contribution >= 4 is 63.7 Å². The number of hydrogen-bond acceptors (Lipinski definition) is 2. The van der Waals surface area contributed by atoms with E-state index in [1.54, 1.807) is 30.0 Å².